The first-order valence-corrected chi connectivity index (χ1v) is 9.05. The Balaban J connectivity index is 1.66. The second-order valence-electron chi connectivity index (χ2n) is 5.06. The first-order chi connectivity index (χ1) is 10.8. The zero-order chi connectivity index (χ0) is 15.6. The number of hydrogen-bond donors (Lipinski definition) is 2. The third-order valence-corrected chi connectivity index (χ3v) is 4.13. The molecular weight excluding hydrogens is 298 g/mol. The van der Waals surface area contributed by atoms with E-state index in [-0.39, 0.29) is 0 Å². The lowest BCUT2D eigenvalue weighted by Gasteiger charge is -2.12. The Morgan fingerprint density at radius 2 is 2.00 bits per heavy atom. The number of unbranched alkanes of at least 4 members (excludes halogenated alkanes) is 1. The Hall–Kier alpha value is -1.56. The molecule has 6 heteroatoms. The molecule has 0 bridgehead atoms. The highest BCUT2D eigenvalue weighted by Crippen LogP contribution is 2.32. The predicted molar refractivity (Wildman–Crippen MR) is 93.2 cm³/mol. The molecule has 0 aliphatic carbocycles. The summed E-state index contributed by atoms with van der Waals surface area (Å²) >= 11 is 1.89. The summed E-state index contributed by atoms with van der Waals surface area (Å²) in [7, 11) is 1.80. The summed E-state index contributed by atoms with van der Waals surface area (Å²) in [4.78, 5) is 4.24. The van der Waals surface area contributed by atoms with E-state index in [1.165, 1.54) is 24.2 Å². The highest BCUT2D eigenvalue weighted by molar-refractivity contribution is 7.98. The maximum Gasteiger partial charge on any atom is 0.231 e. The van der Waals surface area contributed by atoms with E-state index in [9.17, 15) is 0 Å². The van der Waals surface area contributed by atoms with E-state index in [2.05, 4.69) is 27.9 Å². The predicted octanol–water partition coefficient (Wildman–Crippen LogP) is 2.27. The molecule has 1 aromatic carbocycles. The minimum atomic E-state index is 0.324. The summed E-state index contributed by atoms with van der Waals surface area (Å²) in [5.41, 5.74) is 1.23. The third-order valence-electron chi connectivity index (χ3n) is 3.43. The number of ether oxygens (including phenoxy) is 2. The van der Waals surface area contributed by atoms with Crippen LogP contribution >= 0.6 is 11.8 Å². The van der Waals surface area contributed by atoms with Crippen LogP contribution in [-0.2, 0) is 6.42 Å². The van der Waals surface area contributed by atoms with E-state index in [1.54, 1.807) is 7.05 Å². The van der Waals surface area contributed by atoms with Crippen LogP contribution in [0, 0.1) is 0 Å². The lowest BCUT2D eigenvalue weighted by Crippen LogP contribution is -2.38. The second kappa shape index (κ2) is 9.46. The van der Waals surface area contributed by atoms with Gasteiger partial charge >= 0.3 is 0 Å². The molecular formula is C16H25N3O2S. The number of nitrogens with one attached hydrogen (secondary N) is 2. The van der Waals surface area contributed by atoms with Gasteiger partial charge in [-0.2, -0.15) is 11.8 Å². The van der Waals surface area contributed by atoms with Crippen LogP contribution in [0.4, 0.5) is 0 Å². The molecule has 0 saturated heterocycles. The quantitative estimate of drug-likeness (QED) is 0.437. The Kier molecular flexibility index (Phi) is 7.22. The molecule has 2 N–H and O–H groups in total. The number of thioether (sulfide) groups is 1. The highest BCUT2D eigenvalue weighted by Gasteiger charge is 2.12. The number of benzene rings is 1. The van der Waals surface area contributed by atoms with Crippen molar-refractivity contribution in [3.05, 3.63) is 23.8 Å². The van der Waals surface area contributed by atoms with Crippen molar-refractivity contribution < 1.29 is 9.47 Å². The molecule has 0 amide bonds. The number of hydrogen-bond acceptors (Lipinski definition) is 4. The first-order valence-electron chi connectivity index (χ1n) is 7.65. The fourth-order valence-electron chi connectivity index (χ4n) is 2.22. The largest absolute Gasteiger partial charge is 0.454 e. The zero-order valence-electron chi connectivity index (χ0n) is 13.4. The van der Waals surface area contributed by atoms with Gasteiger partial charge in [-0.1, -0.05) is 6.07 Å². The molecule has 0 unspecified atom stereocenters. The zero-order valence-corrected chi connectivity index (χ0v) is 14.2. The van der Waals surface area contributed by atoms with Gasteiger partial charge < -0.3 is 20.1 Å². The molecule has 5 nitrogen and oxygen atoms in total. The third kappa shape index (κ3) is 5.33. The van der Waals surface area contributed by atoms with Gasteiger partial charge in [-0.15, -0.1) is 0 Å². The molecule has 0 fully saturated rings. The van der Waals surface area contributed by atoms with Crippen molar-refractivity contribution in [1.82, 2.24) is 10.6 Å². The maximum atomic E-state index is 5.39. The Morgan fingerprint density at radius 1 is 1.18 bits per heavy atom. The average Bonchev–Trinajstić information content (AvgIpc) is 3.00. The molecule has 1 aromatic rings. The number of fused-ring (bicyclic) bond motifs is 1. The second-order valence-corrected chi connectivity index (χ2v) is 6.05. The summed E-state index contributed by atoms with van der Waals surface area (Å²) < 4.78 is 10.7. The van der Waals surface area contributed by atoms with E-state index in [0.717, 1.165) is 37.0 Å². The van der Waals surface area contributed by atoms with Crippen LogP contribution in [0.2, 0.25) is 0 Å². The van der Waals surface area contributed by atoms with E-state index < -0.39 is 0 Å². The van der Waals surface area contributed by atoms with Crippen LogP contribution in [-0.4, -0.2) is 44.9 Å². The Bertz CT molecular complexity index is 494. The molecule has 0 atom stereocenters. The van der Waals surface area contributed by atoms with Crippen molar-refractivity contribution in [1.29, 1.82) is 0 Å². The van der Waals surface area contributed by atoms with Crippen LogP contribution < -0.4 is 20.1 Å². The van der Waals surface area contributed by atoms with Gasteiger partial charge in [-0.05, 0) is 49.0 Å². The highest BCUT2D eigenvalue weighted by atomic mass is 32.2. The monoisotopic (exact) mass is 323 g/mol. The summed E-state index contributed by atoms with van der Waals surface area (Å²) in [5.74, 6) is 3.76. The number of aliphatic imine (C=N–C) groups is 1. The lowest BCUT2D eigenvalue weighted by atomic mass is 10.1. The fourth-order valence-corrected chi connectivity index (χ4v) is 2.71. The molecule has 122 valence electrons. The van der Waals surface area contributed by atoms with Crippen LogP contribution in [0.1, 0.15) is 18.4 Å². The summed E-state index contributed by atoms with van der Waals surface area (Å²) in [6, 6.07) is 6.09. The lowest BCUT2D eigenvalue weighted by molar-refractivity contribution is 0.174. The topological polar surface area (TPSA) is 54.9 Å². The van der Waals surface area contributed by atoms with E-state index in [1.807, 2.05) is 23.9 Å². The van der Waals surface area contributed by atoms with Gasteiger partial charge in [0.2, 0.25) is 6.79 Å². The Labute approximate surface area is 136 Å². The molecule has 0 aromatic heterocycles. The van der Waals surface area contributed by atoms with Gasteiger partial charge in [-0.3, -0.25) is 4.99 Å². The van der Waals surface area contributed by atoms with Crippen LogP contribution in [0.15, 0.2) is 23.2 Å². The van der Waals surface area contributed by atoms with Gasteiger partial charge in [0.05, 0.1) is 0 Å². The van der Waals surface area contributed by atoms with Gasteiger partial charge in [0.1, 0.15) is 0 Å². The first kappa shape index (κ1) is 16.8. The molecule has 0 spiro atoms. The van der Waals surface area contributed by atoms with Gasteiger partial charge in [-0.25, -0.2) is 0 Å². The minimum absolute atomic E-state index is 0.324. The Morgan fingerprint density at radius 3 is 2.82 bits per heavy atom. The van der Waals surface area contributed by atoms with Crippen molar-refractivity contribution in [3.8, 4) is 11.5 Å². The van der Waals surface area contributed by atoms with Gasteiger partial charge in [0.15, 0.2) is 17.5 Å². The van der Waals surface area contributed by atoms with E-state index in [0.29, 0.717) is 6.79 Å². The van der Waals surface area contributed by atoms with Crippen molar-refractivity contribution in [2.24, 2.45) is 4.99 Å². The number of rotatable bonds is 8. The van der Waals surface area contributed by atoms with Crippen molar-refractivity contribution >= 4 is 17.7 Å². The molecule has 1 aliphatic heterocycles. The molecule has 2 rings (SSSR count). The maximum absolute atomic E-state index is 5.39. The molecule has 22 heavy (non-hydrogen) atoms. The van der Waals surface area contributed by atoms with E-state index in [4.69, 9.17) is 9.47 Å². The molecule has 1 heterocycles. The average molecular weight is 323 g/mol. The van der Waals surface area contributed by atoms with Crippen LogP contribution in [0.5, 0.6) is 11.5 Å². The fraction of sp³-hybridized carbons (Fsp3) is 0.562. The molecule has 0 saturated carbocycles. The van der Waals surface area contributed by atoms with Gasteiger partial charge in [0.25, 0.3) is 0 Å². The molecule has 1 aliphatic rings. The number of guanidine groups is 1. The van der Waals surface area contributed by atoms with Crippen molar-refractivity contribution in [3.63, 3.8) is 0 Å². The molecule has 0 radical (unpaired) electrons. The van der Waals surface area contributed by atoms with Crippen molar-refractivity contribution in [2.45, 2.75) is 19.3 Å². The summed E-state index contributed by atoms with van der Waals surface area (Å²) in [6.07, 6.45) is 5.47. The summed E-state index contributed by atoms with van der Waals surface area (Å²) in [5, 5.41) is 6.68. The normalized spacial score (nSPS) is 13.3. The van der Waals surface area contributed by atoms with E-state index >= 15 is 0 Å². The van der Waals surface area contributed by atoms with Crippen LogP contribution in [0.25, 0.3) is 0 Å². The van der Waals surface area contributed by atoms with Crippen molar-refractivity contribution in [2.75, 3.05) is 38.9 Å². The minimum Gasteiger partial charge on any atom is -0.454 e. The SMILES string of the molecule is CN=C(NCCCCSC)NCCc1ccc2c(c1)OCO2. The van der Waals surface area contributed by atoms with Crippen LogP contribution in [0.3, 0.4) is 0 Å². The number of nitrogens with zero attached hydrogens (tertiary/aromatic N) is 1. The smallest absolute Gasteiger partial charge is 0.231 e. The standard InChI is InChI=1S/C16H25N3O2S/c1-17-16(18-8-3-4-10-22-2)19-9-7-13-5-6-14-15(11-13)21-12-20-14/h5-6,11H,3-4,7-10,12H2,1-2H3,(H2,17,18,19). The summed E-state index contributed by atoms with van der Waals surface area (Å²) in [6.45, 7) is 2.12. The van der Waals surface area contributed by atoms with Gasteiger partial charge in [0, 0.05) is 20.1 Å².